The van der Waals surface area contributed by atoms with Crippen molar-refractivity contribution in [2.75, 3.05) is 0 Å². The number of hydrogen-bond acceptors (Lipinski definition) is 2. The highest BCUT2D eigenvalue weighted by atomic mass is 79.9. The van der Waals surface area contributed by atoms with Gasteiger partial charge in [0, 0.05) is 11.8 Å². The third-order valence-corrected chi connectivity index (χ3v) is 2.30. The van der Waals surface area contributed by atoms with Crippen LogP contribution < -0.4 is 0 Å². The van der Waals surface area contributed by atoms with Crippen molar-refractivity contribution in [2.24, 2.45) is 0 Å². The quantitative estimate of drug-likeness (QED) is 0.644. The summed E-state index contributed by atoms with van der Waals surface area (Å²) >= 11 is 3.35. The number of aromatic nitrogens is 2. The van der Waals surface area contributed by atoms with E-state index in [-0.39, 0.29) is 0 Å². The maximum absolute atomic E-state index is 3.92. The predicted octanol–water partition coefficient (Wildman–Crippen LogP) is 1.92. The van der Waals surface area contributed by atoms with E-state index in [1.165, 1.54) is 18.4 Å². The molecule has 1 aliphatic carbocycles. The van der Waals surface area contributed by atoms with Gasteiger partial charge >= 0.3 is 0 Å². The summed E-state index contributed by atoms with van der Waals surface area (Å²) < 4.78 is 0.907. The SMILES string of the molecule is Brc1n[c]ncc1C1CC1. The molecule has 0 spiro atoms. The van der Waals surface area contributed by atoms with E-state index in [2.05, 4.69) is 32.2 Å². The van der Waals surface area contributed by atoms with Gasteiger partial charge < -0.3 is 0 Å². The Hall–Kier alpha value is -0.440. The van der Waals surface area contributed by atoms with Crippen molar-refractivity contribution in [3.05, 3.63) is 22.7 Å². The second-order valence-corrected chi connectivity index (χ2v) is 3.24. The lowest BCUT2D eigenvalue weighted by Gasteiger charge is -1.96. The summed E-state index contributed by atoms with van der Waals surface area (Å²) in [4.78, 5) is 7.76. The van der Waals surface area contributed by atoms with E-state index in [1.807, 2.05) is 6.20 Å². The van der Waals surface area contributed by atoms with Gasteiger partial charge in [0.2, 0.25) is 0 Å². The Bertz CT molecular complexity index is 245. The molecule has 1 aliphatic rings. The van der Waals surface area contributed by atoms with E-state index < -0.39 is 0 Å². The van der Waals surface area contributed by atoms with Crippen LogP contribution in [0.1, 0.15) is 24.3 Å². The standard InChI is InChI=1S/C7H6BrN2/c8-7-6(5-1-2-5)3-9-4-10-7/h3,5H,1-2H2. The third-order valence-electron chi connectivity index (χ3n) is 1.66. The molecule has 0 unspecified atom stereocenters. The zero-order chi connectivity index (χ0) is 6.97. The second kappa shape index (κ2) is 2.31. The first-order chi connectivity index (χ1) is 4.88. The number of nitrogens with zero attached hydrogens (tertiary/aromatic N) is 2. The van der Waals surface area contributed by atoms with Crippen LogP contribution in [0.2, 0.25) is 0 Å². The molecule has 0 bridgehead atoms. The highest BCUT2D eigenvalue weighted by molar-refractivity contribution is 9.10. The van der Waals surface area contributed by atoms with E-state index in [9.17, 15) is 0 Å². The van der Waals surface area contributed by atoms with Gasteiger partial charge in [-0.3, -0.25) is 0 Å². The molecule has 1 radical (unpaired) electrons. The lowest BCUT2D eigenvalue weighted by Crippen LogP contribution is -1.87. The first-order valence-electron chi connectivity index (χ1n) is 3.26. The van der Waals surface area contributed by atoms with Crippen LogP contribution in [0.5, 0.6) is 0 Å². The van der Waals surface area contributed by atoms with Gasteiger partial charge in [0.05, 0.1) is 0 Å². The molecule has 1 fully saturated rings. The lowest BCUT2D eigenvalue weighted by molar-refractivity contribution is 1.00. The zero-order valence-corrected chi connectivity index (χ0v) is 6.93. The molecule has 0 atom stereocenters. The minimum Gasteiger partial charge on any atom is -0.233 e. The van der Waals surface area contributed by atoms with Gasteiger partial charge in [-0.2, -0.15) is 0 Å². The van der Waals surface area contributed by atoms with Crippen LogP contribution in [-0.2, 0) is 0 Å². The monoisotopic (exact) mass is 197 g/mol. The maximum atomic E-state index is 3.92. The van der Waals surface area contributed by atoms with Crippen molar-refractivity contribution < 1.29 is 0 Å². The van der Waals surface area contributed by atoms with Crippen molar-refractivity contribution >= 4 is 15.9 Å². The molecule has 1 aromatic rings. The van der Waals surface area contributed by atoms with Gasteiger partial charge in [-0.1, -0.05) is 0 Å². The van der Waals surface area contributed by atoms with E-state index in [4.69, 9.17) is 0 Å². The molecule has 51 valence electrons. The van der Waals surface area contributed by atoms with Crippen LogP contribution in [-0.4, -0.2) is 9.97 Å². The number of hydrogen-bond donors (Lipinski definition) is 0. The topological polar surface area (TPSA) is 25.8 Å². The fourth-order valence-electron chi connectivity index (χ4n) is 0.957. The van der Waals surface area contributed by atoms with E-state index in [0.29, 0.717) is 5.92 Å². The van der Waals surface area contributed by atoms with Crippen LogP contribution in [0.25, 0.3) is 0 Å². The average Bonchev–Trinajstić information content (AvgIpc) is 2.71. The molecule has 2 rings (SSSR count). The Morgan fingerprint density at radius 3 is 3.00 bits per heavy atom. The van der Waals surface area contributed by atoms with Crippen molar-refractivity contribution in [3.63, 3.8) is 0 Å². The van der Waals surface area contributed by atoms with Crippen LogP contribution in [0.3, 0.4) is 0 Å². The first kappa shape index (κ1) is 6.28. The Morgan fingerprint density at radius 2 is 2.40 bits per heavy atom. The summed E-state index contributed by atoms with van der Waals surface area (Å²) in [6.07, 6.45) is 6.95. The molecule has 0 aliphatic heterocycles. The fourth-order valence-corrected chi connectivity index (χ4v) is 1.46. The van der Waals surface area contributed by atoms with E-state index in [0.717, 1.165) is 4.60 Å². The molecule has 1 heterocycles. The van der Waals surface area contributed by atoms with Crippen molar-refractivity contribution in [3.8, 4) is 0 Å². The van der Waals surface area contributed by atoms with Gasteiger partial charge in [0.25, 0.3) is 0 Å². The Morgan fingerprint density at radius 1 is 1.60 bits per heavy atom. The molecule has 3 heteroatoms. The molecule has 1 saturated carbocycles. The second-order valence-electron chi connectivity index (χ2n) is 2.49. The molecule has 0 amide bonds. The molecule has 0 saturated heterocycles. The van der Waals surface area contributed by atoms with Crippen molar-refractivity contribution in [1.82, 2.24) is 9.97 Å². The van der Waals surface area contributed by atoms with Crippen LogP contribution >= 0.6 is 15.9 Å². The van der Waals surface area contributed by atoms with E-state index >= 15 is 0 Å². The van der Waals surface area contributed by atoms with Crippen LogP contribution in [0.4, 0.5) is 0 Å². The summed E-state index contributed by atoms with van der Waals surface area (Å²) in [5.74, 6) is 0.712. The lowest BCUT2D eigenvalue weighted by atomic mass is 10.2. The molecular weight excluding hydrogens is 192 g/mol. The van der Waals surface area contributed by atoms with Crippen molar-refractivity contribution in [1.29, 1.82) is 0 Å². The molecule has 2 nitrogen and oxygen atoms in total. The summed E-state index contributed by atoms with van der Waals surface area (Å²) in [6, 6.07) is 0. The largest absolute Gasteiger partial charge is 0.233 e. The molecule has 10 heavy (non-hydrogen) atoms. The summed E-state index contributed by atoms with van der Waals surface area (Å²) in [5, 5.41) is 0. The van der Waals surface area contributed by atoms with Gasteiger partial charge in [-0.15, -0.1) is 0 Å². The van der Waals surface area contributed by atoms with E-state index in [1.54, 1.807) is 0 Å². The Kier molecular flexibility index (Phi) is 1.45. The predicted molar refractivity (Wildman–Crippen MR) is 40.5 cm³/mol. The molecule has 0 N–H and O–H groups in total. The summed E-state index contributed by atoms with van der Waals surface area (Å²) in [6.45, 7) is 0. The molecule has 1 aromatic heterocycles. The number of rotatable bonds is 1. The number of halogens is 1. The van der Waals surface area contributed by atoms with Gasteiger partial charge in [0.1, 0.15) is 4.60 Å². The van der Waals surface area contributed by atoms with Crippen molar-refractivity contribution in [2.45, 2.75) is 18.8 Å². The third kappa shape index (κ3) is 1.06. The smallest absolute Gasteiger partial charge is 0.198 e. The van der Waals surface area contributed by atoms with Crippen LogP contribution in [0.15, 0.2) is 10.8 Å². The normalized spacial score (nSPS) is 17.3. The first-order valence-corrected chi connectivity index (χ1v) is 4.05. The highest BCUT2D eigenvalue weighted by Crippen LogP contribution is 2.41. The fraction of sp³-hybridized carbons (Fsp3) is 0.429. The maximum Gasteiger partial charge on any atom is 0.198 e. The van der Waals surface area contributed by atoms with Crippen LogP contribution in [0, 0.1) is 6.33 Å². The van der Waals surface area contributed by atoms with Gasteiger partial charge in [0.15, 0.2) is 6.33 Å². The summed E-state index contributed by atoms with van der Waals surface area (Å²) in [5.41, 5.74) is 1.23. The van der Waals surface area contributed by atoms with Gasteiger partial charge in [-0.25, -0.2) is 9.97 Å². The Labute approximate surface area is 67.8 Å². The molecule has 0 aromatic carbocycles. The average molecular weight is 198 g/mol. The molecular formula is C7H6BrN2. The Balaban J connectivity index is 2.39. The summed E-state index contributed by atoms with van der Waals surface area (Å²) in [7, 11) is 0. The highest BCUT2D eigenvalue weighted by Gasteiger charge is 2.26. The minimum absolute atomic E-state index is 0.712. The minimum atomic E-state index is 0.712. The van der Waals surface area contributed by atoms with Gasteiger partial charge in [-0.05, 0) is 34.7 Å². The zero-order valence-electron chi connectivity index (χ0n) is 5.34.